The minimum atomic E-state index is -0.974. The zero-order valence-corrected chi connectivity index (χ0v) is 13.2. The Bertz CT molecular complexity index is 886. The second kappa shape index (κ2) is 6.84. The minimum Gasteiger partial charge on any atom is -0.478 e. The standard InChI is InChI=1S/C19H19FN2O2/c20-16-7-2-1-6-14(16)18-13(5-3-4-10-21)15-11-12(19(23)24)8-9-17(15)22-18/h1-2,6-9,11,22H,3-5,10,21H2,(H,23,24). The van der Waals surface area contributed by atoms with E-state index in [9.17, 15) is 14.3 Å². The fraction of sp³-hybridized carbons (Fsp3) is 0.211. The predicted molar refractivity (Wildman–Crippen MR) is 92.6 cm³/mol. The number of aromatic carboxylic acids is 1. The number of carboxylic acid groups (broad SMARTS) is 1. The molecule has 3 aromatic rings. The van der Waals surface area contributed by atoms with Crippen LogP contribution in [0.5, 0.6) is 0 Å². The van der Waals surface area contributed by atoms with E-state index < -0.39 is 5.97 Å². The summed E-state index contributed by atoms with van der Waals surface area (Å²) < 4.78 is 14.2. The highest BCUT2D eigenvalue weighted by molar-refractivity contribution is 5.97. The van der Waals surface area contributed by atoms with Crippen LogP contribution in [0.25, 0.3) is 22.2 Å². The molecule has 4 nitrogen and oxygen atoms in total. The van der Waals surface area contributed by atoms with Crippen LogP contribution in [-0.4, -0.2) is 22.6 Å². The summed E-state index contributed by atoms with van der Waals surface area (Å²) in [4.78, 5) is 14.5. The number of carboxylic acids is 1. The molecule has 0 fully saturated rings. The monoisotopic (exact) mass is 326 g/mol. The van der Waals surface area contributed by atoms with Crippen molar-refractivity contribution in [2.75, 3.05) is 6.54 Å². The molecule has 1 aromatic heterocycles. The summed E-state index contributed by atoms with van der Waals surface area (Å²) in [6.45, 7) is 0.595. The Balaban J connectivity index is 2.18. The number of aromatic amines is 1. The minimum absolute atomic E-state index is 0.224. The van der Waals surface area contributed by atoms with Gasteiger partial charge in [0.15, 0.2) is 0 Å². The molecule has 4 N–H and O–H groups in total. The number of aromatic nitrogens is 1. The summed E-state index contributed by atoms with van der Waals surface area (Å²) >= 11 is 0. The van der Waals surface area contributed by atoms with Gasteiger partial charge in [-0.05, 0) is 61.7 Å². The van der Waals surface area contributed by atoms with Crippen molar-refractivity contribution in [2.45, 2.75) is 19.3 Å². The lowest BCUT2D eigenvalue weighted by molar-refractivity contribution is 0.0697. The molecule has 24 heavy (non-hydrogen) atoms. The second-order valence-electron chi connectivity index (χ2n) is 5.77. The van der Waals surface area contributed by atoms with E-state index in [1.165, 1.54) is 6.07 Å². The normalized spacial score (nSPS) is 11.1. The summed E-state index contributed by atoms with van der Waals surface area (Å²) in [5.41, 5.74) is 8.74. The molecule has 0 spiro atoms. The van der Waals surface area contributed by atoms with Crippen LogP contribution in [0.1, 0.15) is 28.8 Å². The number of halogens is 1. The van der Waals surface area contributed by atoms with Crippen molar-refractivity contribution in [3.05, 3.63) is 59.4 Å². The molecule has 0 aliphatic carbocycles. The van der Waals surface area contributed by atoms with Crippen LogP contribution in [0, 0.1) is 5.82 Å². The predicted octanol–water partition coefficient (Wildman–Crippen LogP) is 3.95. The van der Waals surface area contributed by atoms with Crippen LogP contribution in [0.3, 0.4) is 0 Å². The second-order valence-corrected chi connectivity index (χ2v) is 5.77. The number of fused-ring (bicyclic) bond motifs is 1. The summed E-state index contributed by atoms with van der Waals surface area (Å²) in [6, 6.07) is 11.5. The Morgan fingerprint density at radius 3 is 2.67 bits per heavy atom. The first-order valence-electron chi connectivity index (χ1n) is 7.94. The number of nitrogens with one attached hydrogen (secondary N) is 1. The van der Waals surface area contributed by atoms with Crippen LogP contribution in [0.2, 0.25) is 0 Å². The van der Waals surface area contributed by atoms with Crippen LogP contribution in [0.4, 0.5) is 4.39 Å². The largest absolute Gasteiger partial charge is 0.478 e. The lowest BCUT2D eigenvalue weighted by Gasteiger charge is -2.06. The molecule has 0 radical (unpaired) electrons. The van der Waals surface area contributed by atoms with E-state index in [-0.39, 0.29) is 11.4 Å². The van der Waals surface area contributed by atoms with E-state index in [1.807, 2.05) is 0 Å². The number of rotatable bonds is 6. The molecule has 0 saturated heterocycles. The molecule has 0 bridgehead atoms. The Labute approximate surface area is 139 Å². The molecule has 5 heteroatoms. The molecule has 1 heterocycles. The maximum atomic E-state index is 14.2. The Kier molecular flexibility index (Phi) is 4.62. The van der Waals surface area contributed by atoms with E-state index in [0.29, 0.717) is 24.2 Å². The average Bonchev–Trinajstić information content (AvgIpc) is 2.93. The van der Waals surface area contributed by atoms with Crippen molar-refractivity contribution in [2.24, 2.45) is 5.73 Å². The molecular weight excluding hydrogens is 307 g/mol. The molecule has 0 aliphatic rings. The zero-order valence-electron chi connectivity index (χ0n) is 13.2. The summed E-state index contributed by atoms with van der Waals surface area (Å²) in [7, 11) is 0. The van der Waals surface area contributed by atoms with Crippen LogP contribution in [-0.2, 0) is 6.42 Å². The first-order valence-corrected chi connectivity index (χ1v) is 7.94. The molecule has 2 aromatic carbocycles. The zero-order chi connectivity index (χ0) is 17.1. The third-order valence-electron chi connectivity index (χ3n) is 4.18. The van der Waals surface area contributed by atoms with Gasteiger partial charge in [0.25, 0.3) is 0 Å². The third-order valence-corrected chi connectivity index (χ3v) is 4.18. The van der Waals surface area contributed by atoms with E-state index in [2.05, 4.69) is 4.98 Å². The van der Waals surface area contributed by atoms with Gasteiger partial charge in [0.2, 0.25) is 0 Å². The molecule has 0 saturated carbocycles. The molecule has 124 valence electrons. The lowest BCUT2D eigenvalue weighted by atomic mass is 9.99. The van der Waals surface area contributed by atoms with Crippen molar-refractivity contribution in [1.29, 1.82) is 0 Å². The van der Waals surface area contributed by atoms with Gasteiger partial charge in [0, 0.05) is 16.5 Å². The van der Waals surface area contributed by atoms with Gasteiger partial charge < -0.3 is 15.8 Å². The van der Waals surface area contributed by atoms with E-state index in [4.69, 9.17) is 5.73 Å². The fourth-order valence-electron chi connectivity index (χ4n) is 2.98. The van der Waals surface area contributed by atoms with Crippen molar-refractivity contribution in [1.82, 2.24) is 4.98 Å². The Hall–Kier alpha value is -2.66. The first-order chi connectivity index (χ1) is 11.6. The molecule has 0 aliphatic heterocycles. The molecule has 3 rings (SSSR count). The van der Waals surface area contributed by atoms with Crippen LogP contribution in [0.15, 0.2) is 42.5 Å². The smallest absolute Gasteiger partial charge is 0.335 e. The quantitative estimate of drug-likeness (QED) is 0.600. The Morgan fingerprint density at radius 2 is 1.96 bits per heavy atom. The van der Waals surface area contributed by atoms with Gasteiger partial charge in [-0.2, -0.15) is 0 Å². The van der Waals surface area contributed by atoms with Gasteiger partial charge in [-0.25, -0.2) is 9.18 Å². The van der Waals surface area contributed by atoms with Gasteiger partial charge in [-0.1, -0.05) is 12.1 Å². The SMILES string of the molecule is NCCCCc1c(-c2ccccc2F)[nH]c2ccc(C(=O)O)cc12. The van der Waals surface area contributed by atoms with Crippen LogP contribution >= 0.6 is 0 Å². The molecule has 0 unspecified atom stereocenters. The maximum absolute atomic E-state index is 14.2. The highest BCUT2D eigenvalue weighted by atomic mass is 19.1. The number of hydrogen-bond donors (Lipinski definition) is 3. The number of carbonyl (C=O) groups is 1. The number of hydrogen-bond acceptors (Lipinski definition) is 2. The lowest BCUT2D eigenvalue weighted by Crippen LogP contribution is -2.00. The van der Waals surface area contributed by atoms with E-state index in [0.717, 1.165) is 29.3 Å². The summed E-state index contributed by atoms with van der Waals surface area (Å²) in [5, 5.41) is 10.1. The van der Waals surface area contributed by atoms with Crippen LogP contribution < -0.4 is 5.73 Å². The molecule has 0 atom stereocenters. The number of unbranched alkanes of at least 4 members (excludes halogenated alkanes) is 1. The van der Waals surface area contributed by atoms with Crippen molar-refractivity contribution in [3.8, 4) is 11.3 Å². The molecule has 0 amide bonds. The highest BCUT2D eigenvalue weighted by Gasteiger charge is 2.17. The number of benzene rings is 2. The number of H-pyrrole nitrogens is 1. The van der Waals surface area contributed by atoms with E-state index >= 15 is 0 Å². The Morgan fingerprint density at radius 1 is 1.17 bits per heavy atom. The third kappa shape index (κ3) is 3.03. The van der Waals surface area contributed by atoms with Gasteiger partial charge >= 0.3 is 5.97 Å². The van der Waals surface area contributed by atoms with Gasteiger partial charge in [-0.3, -0.25) is 0 Å². The average molecular weight is 326 g/mol. The number of aryl methyl sites for hydroxylation is 1. The van der Waals surface area contributed by atoms with Crippen molar-refractivity contribution < 1.29 is 14.3 Å². The fourth-order valence-corrected chi connectivity index (χ4v) is 2.98. The summed E-state index contributed by atoms with van der Waals surface area (Å²) in [5.74, 6) is -1.28. The van der Waals surface area contributed by atoms with Gasteiger partial charge in [0.1, 0.15) is 5.82 Å². The molecular formula is C19H19FN2O2. The van der Waals surface area contributed by atoms with E-state index in [1.54, 1.807) is 36.4 Å². The number of nitrogens with two attached hydrogens (primary N) is 1. The topological polar surface area (TPSA) is 79.1 Å². The highest BCUT2D eigenvalue weighted by Crippen LogP contribution is 2.33. The van der Waals surface area contributed by atoms with Gasteiger partial charge in [0.05, 0.1) is 11.3 Å². The van der Waals surface area contributed by atoms with Crippen molar-refractivity contribution in [3.63, 3.8) is 0 Å². The van der Waals surface area contributed by atoms with Crippen molar-refractivity contribution >= 4 is 16.9 Å². The maximum Gasteiger partial charge on any atom is 0.335 e. The first kappa shape index (κ1) is 16.2. The summed E-state index contributed by atoms with van der Waals surface area (Å²) in [6.07, 6.45) is 2.44. The van der Waals surface area contributed by atoms with Gasteiger partial charge in [-0.15, -0.1) is 0 Å².